The first kappa shape index (κ1) is 10.3. The number of unbranched alkanes of at least 4 members (excludes halogenated alkanes) is 1. The zero-order valence-corrected chi connectivity index (χ0v) is 7.58. The van der Waals surface area contributed by atoms with Gasteiger partial charge in [-0.05, 0) is 6.42 Å². The first-order valence-corrected chi connectivity index (χ1v) is 4.71. The summed E-state index contributed by atoms with van der Waals surface area (Å²) in [5.41, 5.74) is 0. The fraction of sp³-hybridized carbons (Fsp3) is 1.00. The zero-order valence-electron chi connectivity index (χ0n) is 6.76. The van der Waals surface area contributed by atoms with E-state index < -0.39 is 0 Å². The van der Waals surface area contributed by atoms with E-state index in [-0.39, 0.29) is 0 Å². The van der Waals surface area contributed by atoms with Gasteiger partial charge in [0.1, 0.15) is 0 Å². The van der Waals surface area contributed by atoms with Crippen molar-refractivity contribution in [3.05, 3.63) is 0 Å². The van der Waals surface area contributed by atoms with Gasteiger partial charge in [-0.3, -0.25) is 0 Å². The molecule has 0 saturated carbocycles. The predicted octanol–water partition coefficient (Wildman–Crippen LogP) is 2.10. The molecule has 0 fully saturated rings. The van der Waals surface area contributed by atoms with Crippen molar-refractivity contribution in [2.24, 2.45) is 0 Å². The average Bonchev–Trinajstić information content (AvgIpc) is 1.97. The molecule has 0 atom stereocenters. The Balaban J connectivity index is 2.65. The third-order valence-electron chi connectivity index (χ3n) is 1.01. The summed E-state index contributed by atoms with van der Waals surface area (Å²) in [6, 6.07) is 0. The third kappa shape index (κ3) is 8.27. The van der Waals surface area contributed by atoms with E-state index in [1.807, 2.05) is 0 Å². The van der Waals surface area contributed by atoms with Gasteiger partial charge in [-0.2, -0.15) is 0 Å². The van der Waals surface area contributed by atoms with E-state index in [0.29, 0.717) is 0 Å². The Bertz CT molecular complexity index is 51.6. The molecule has 62 valence electrons. The molecule has 0 aliphatic carbocycles. The van der Waals surface area contributed by atoms with E-state index in [4.69, 9.17) is 9.47 Å². The predicted molar refractivity (Wildman–Crippen MR) is 45.2 cm³/mol. The average molecular weight is 164 g/mol. The first-order chi connectivity index (χ1) is 4.91. The van der Waals surface area contributed by atoms with Crippen LogP contribution >= 0.6 is 11.8 Å². The van der Waals surface area contributed by atoms with E-state index in [2.05, 4.69) is 6.92 Å². The highest BCUT2D eigenvalue weighted by Crippen LogP contribution is 2.00. The lowest BCUT2D eigenvalue weighted by Crippen LogP contribution is -1.94. The minimum absolute atomic E-state index is 0.728. The minimum atomic E-state index is 0.728. The fourth-order valence-corrected chi connectivity index (χ4v) is 0.952. The summed E-state index contributed by atoms with van der Waals surface area (Å²) < 4.78 is 10.1. The quantitative estimate of drug-likeness (QED) is 0.424. The number of rotatable bonds is 7. The van der Waals surface area contributed by atoms with Gasteiger partial charge >= 0.3 is 0 Å². The zero-order chi connectivity index (χ0) is 7.66. The van der Waals surface area contributed by atoms with Crippen molar-refractivity contribution in [2.75, 3.05) is 25.6 Å². The van der Waals surface area contributed by atoms with Gasteiger partial charge in [-0.1, -0.05) is 13.3 Å². The van der Waals surface area contributed by atoms with Crippen LogP contribution in [-0.2, 0) is 9.47 Å². The number of hydrogen-bond donors (Lipinski definition) is 0. The summed E-state index contributed by atoms with van der Waals surface area (Å²) in [6.45, 7) is 3.04. The van der Waals surface area contributed by atoms with Crippen molar-refractivity contribution >= 4 is 11.8 Å². The van der Waals surface area contributed by atoms with Gasteiger partial charge in [0, 0.05) is 13.7 Å². The lowest BCUT2D eigenvalue weighted by Gasteiger charge is -2.01. The largest absolute Gasteiger partial charge is 0.374 e. The number of ether oxygens (including phenoxy) is 2. The van der Waals surface area contributed by atoms with E-state index in [1.54, 1.807) is 18.9 Å². The summed E-state index contributed by atoms with van der Waals surface area (Å²) in [4.78, 5) is 0. The molecule has 0 amide bonds. The Kier molecular flexibility index (Phi) is 9.52. The number of methoxy groups -OCH3 is 1. The van der Waals surface area contributed by atoms with Gasteiger partial charge in [-0.25, -0.2) is 0 Å². The number of thioether (sulfide) groups is 1. The molecular weight excluding hydrogens is 148 g/mol. The molecule has 0 rings (SSSR count). The lowest BCUT2D eigenvalue weighted by molar-refractivity contribution is 0.176. The molecule has 10 heavy (non-hydrogen) atoms. The van der Waals surface area contributed by atoms with Crippen molar-refractivity contribution < 1.29 is 9.47 Å². The molecule has 0 aromatic heterocycles. The van der Waals surface area contributed by atoms with Crippen LogP contribution in [0.3, 0.4) is 0 Å². The van der Waals surface area contributed by atoms with Crippen molar-refractivity contribution in [2.45, 2.75) is 19.8 Å². The maximum atomic E-state index is 5.26. The van der Waals surface area contributed by atoms with Crippen LogP contribution < -0.4 is 0 Å². The van der Waals surface area contributed by atoms with Crippen LogP contribution in [0.25, 0.3) is 0 Å². The molecule has 0 aliphatic heterocycles. The van der Waals surface area contributed by atoms with Gasteiger partial charge in [0.2, 0.25) is 0 Å². The second kappa shape index (κ2) is 9.27. The van der Waals surface area contributed by atoms with Crippen molar-refractivity contribution in [1.29, 1.82) is 0 Å². The molecule has 0 saturated heterocycles. The SMILES string of the molecule is CCCCOCSCOC. The topological polar surface area (TPSA) is 18.5 Å². The summed E-state index contributed by atoms with van der Waals surface area (Å²) in [5, 5.41) is 0. The Morgan fingerprint density at radius 2 is 2.10 bits per heavy atom. The Hall–Kier alpha value is 0.270. The molecule has 2 nitrogen and oxygen atoms in total. The maximum Gasteiger partial charge on any atom is 0.0943 e. The monoisotopic (exact) mass is 164 g/mol. The summed E-state index contributed by atoms with van der Waals surface area (Å²) in [6.07, 6.45) is 2.36. The fourth-order valence-electron chi connectivity index (χ4n) is 0.482. The molecule has 0 N–H and O–H groups in total. The van der Waals surface area contributed by atoms with Gasteiger partial charge in [-0.15, -0.1) is 11.8 Å². The molecule has 0 spiro atoms. The van der Waals surface area contributed by atoms with Gasteiger partial charge in [0.05, 0.1) is 11.9 Å². The highest BCUT2D eigenvalue weighted by molar-refractivity contribution is 7.98. The Morgan fingerprint density at radius 3 is 2.70 bits per heavy atom. The van der Waals surface area contributed by atoms with Crippen molar-refractivity contribution in [1.82, 2.24) is 0 Å². The van der Waals surface area contributed by atoms with Crippen LogP contribution in [0.2, 0.25) is 0 Å². The molecule has 0 bridgehead atoms. The highest BCUT2D eigenvalue weighted by atomic mass is 32.2. The minimum Gasteiger partial charge on any atom is -0.374 e. The molecule has 0 heterocycles. The van der Waals surface area contributed by atoms with Crippen LogP contribution in [0.4, 0.5) is 0 Å². The number of hydrogen-bond acceptors (Lipinski definition) is 3. The third-order valence-corrected chi connectivity index (χ3v) is 1.75. The summed E-state index contributed by atoms with van der Waals surface area (Å²) in [7, 11) is 1.69. The Labute approximate surface area is 67.3 Å². The smallest absolute Gasteiger partial charge is 0.0943 e. The van der Waals surface area contributed by atoms with Crippen molar-refractivity contribution in [3.63, 3.8) is 0 Å². The summed E-state index contributed by atoms with van der Waals surface area (Å²) in [5.74, 6) is 1.49. The van der Waals surface area contributed by atoms with E-state index in [0.717, 1.165) is 24.9 Å². The van der Waals surface area contributed by atoms with E-state index in [1.165, 1.54) is 6.42 Å². The maximum absolute atomic E-state index is 5.26. The molecule has 0 aromatic rings. The first-order valence-electron chi connectivity index (χ1n) is 3.56. The molecule has 0 radical (unpaired) electrons. The summed E-state index contributed by atoms with van der Waals surface area (Å²) >= 11 is 1.66. The van der Waals surface area contributed by atoms with Crippen LogP contribution in [0.15, 0.2) is 0 Å². The highest BCUT2D eigenvalue weighted by Gasteiger charge is 1.86. The van der Waals surface area contributed by atoms with Crippen LogP contribution in [0.5, 0.6) is 0 Å². The second-order valence-corrected chi connectivity index (χ2v) is 2.87. The van der Waals surface area contributed by atoms with Gasteiger partial charge in [0.25, 0.3) is 0 Å². The van der Waals surface area contributed by atoms with Crippen molar-refractivity contribution in [3.8, 4) is 0 Å². The molecular formula is C7H16O2S. The van der Waals surface area contributed by atoms with Crippen LogP contribution in [-0.4, -0.2) is 25.6 Å². The molecule has 3 heteroatoms. The molecule has 0 unspecified atom stereocenters. The van der Waals surface area contributed by atoms with E-state index >= 15 is 0 Å². The van der Waals surface area contributed by atoms with E-state index in [9.17, 15) is 0 Å². The molecule has 0 aliphatic rings. The Morgan fingerprint density at radius 1 is 1.30 bits per heavy atom. The van der Waals surface area contributed by atoms with Gasteiger partial charge in [0.15, 0.2) is 0 Å². The second-order valence-electron chi connectivity index (χ2n) is 1.99. The van der Waals surface area contributed by atoms with Crippen LogP contribution in [0, 0.1) is 0 Å². The lowest BCUT2D eigenvalue weighted by atomic mass is 10.4. The standard InChI is InChI=1S/C7H16O2S/c1-3-4-5-9-7-10-6-8-2/h3-7H2,1-2H3. The van der Waals surface area contributed by atoms with Crippen LogP contribution in [0.1, 0.15) is 19.8 Å². The molecule has 0 aromatic carbocycles. The normalized spacial score (nSPS) is 10.2. The van der Waals surface area contributed by atoms with Gasteiger partial charge < -0.3 is 9.47 Å².